The van der Waals surface area contributed by atoms with Crippen LogP contribution in [0.5, 0.6) is 0 Å². The lowest BCUT2D eigenvalue weighted by Crippen LogP contribution is -2.43. The molecule has 1 aliphatic heterocycles. The lowest BCUT2D eigenvalue weighted by atomic mass is 9.86. The summed E-state index contributed by atoms with van der Waals surface area (Å²) in [5.74, 6) is -2.29. The molecular weight excluding hydrogens is 581 g/mol. The summed E-state index contributed by atoms with van der Waals surface area (Å²) in [6.07, 6.45) is 4.46. The first-order valence-electron chi connectivity index (χ1n) is 14.2. The minimum absolute atomic E-state index is 0.125. The summed E-state index contributed by atoms with van der Waals surface area (Å²) in [5.41, 5.74) is 2.67. The molecule has 2 aliphatic carbocycles. The number of aromatic nitrogens is 3. The van der Waals surface area contributed by atoms with E-state index in [1.54, 1.807) is 6.20 Å². The van der Waals surface area contributed by atoms with E-state index in [0.29, 0.717) is 48.7 Å². The Morgan fingerprint density at radius 1 is 1.12 bits per heavy atom. The Morgan fingerprint density at radius 3 is 2.42 bits per heavy atom. The quantitative estimate of drug-likeness (QED) is 0.428. The van der Waals surface area contributed by atoms with Crippen molar-refractivity contribution in [3.8, 4) is 23.0 Å². The zero-order chi connectivity index (χ0) is 30.6. The summed E-state index contributed by atoms with van der Waals surface area (Å²) in [6, 6.07) is 12.9. The molecule has 0 spiro atoms. The molecule has 6 rings (SSSR count). The number of alkyl halides is 2. The molecule has 2 aromatic heterocycles. The zero-order valence-electron chi connectivity index (χ0n) is 23.5. The predicted octanol–water partition coefficient (Wildman–Crippen LogP) is 4.12. The maximum absolute atomic E-state index is 13.1. The van der Waals surface area contributed by atoms with Crippen molar-refractivity contribution in [2.75, 3.05) is 29.5 Å². The molecule has 1 unspecified atom stereocenters. The number of carbonyl (C=O) groups is 1. The molecule has 3 aromatic rings. The lowest BCUT2D eigenvalue weighted by molar-refractivity contribution is -0.132. The Morgan fingerprint density at radius 2 is 1.84 bits per heavy atom. The van der Waals surface area contributed by atoms with Crippen molar-refractivity contribution < 1.29 is 27.3 Å². The minimum Gasteiger partial charge on any atom is -0.390 e. The number of aliphatic hydroxyl groups is 1. The third kappa shape index (κ3) is 7.43. The molecule has 2 N–H and O–H groups in total. The van der Waals surface area contributed by atoms with E-state index in [4.69, 9.17) is 5.26 Å². The molecule has 9 nitrogen and oxygen atoms in total. The molecule has 43 heavy (non-hydrogen) atoms. The van der Waals surface area contributed by atoms with Crippen LogP contribution in [0.3, 0.4) is 0 Å². The Hall–Kier alpha value is -3.76. The van der Waals surface area contributed by atoms with Gasteiger partial charge in [0.25, 0.3) is 0 Å². The lowest BCUT2D eigenvalue weighted by Gasteiger charge is -2.28. The number of hydrogen-bond acceptors (Lipinski definition) is 7. The van der Waals surface area contributed by atoms with Crippen LogP contribution in [0.25, 0.3) is 16.9 Å². The zero-order valence-corrected chi connectivity index (χ0v) is 24.3. The third-order valence-corrected chi connectivity index (χ3v) is 9.28. The third-order valence-electron chi connectivity index (χ3n) is 8.01. The molecule has 228 valence electrons. The number of pyridine rings is 1. The van der Waals surface area contributed by atoms with E-state index in [9.17, 15) is 27.3 Å². The molecule has 0 radical (unpaired) electrons. The van der Waals surface area contributed by atoms with Gasteiger partial charge < -0.3 is 15.3 Å². The van der Waals surface area contributed by atoms with Crippen molar-refractivity contribution in [1.29, 1.82) is 5.26 Å². The second kappa shape index (κ2) is 12.9. The van der Waals surface area contributed by atoms with E-state index >= 15 is 0 Å². The number of carbonyl (C=O) groups excluding carboxylic acids is 1. The fourth-order valence-electron chi connectivity index (χ4n) is 5.33. The van der Waals surface area contributed by atoms with Crippen LogP contribution >= 0.6 is 0 Å². The van der Waals surface area contributed by atoms with Crippen LogP contribution < -0.4 is 10.2 Å². The van der Waals surface area contributed by atoms with E-state index in [0.717, 1.165) is 36.1 Å². The van der Waals surface area contributed by atoms with E-state index < -0.39 is 34.0 Å². The van der Waals surface area contributed by atoms with E-state index in [2.05, 4.69) is 20.3 Å². The average Bonchev–Trinajstić information content (AvgIpc) is 3.65. The maximum Gasteiger partial charge on any atom is 0.248 e. The van der Waals surface area contributed by atoms with Gasteiger partial charge in [-0.3, -0.25) is 9.00 Å². The number of nitrogens with zero attached hydrogens (tertiary/aromatic N) is 5. The molecule has 1 aromatic carbocycles. The van der Waals surface area contributed by atoms with E-state index in [1.165, 1.54) is 16.8 Å². The van der Waals surface area contributed by atoms with Gasteiger partial charge in [-0.2, -0.15) is 10.4 Å². The van der Waals surface area contributed by atoms with Crippen molar-refractivity contribution >= 4 is 22.4 Å². The fraction of sp³-hybridized carbons (Fsp3) is 0.467. The van der Waals surface area contributed by atoms with Crippen molar-refractivity contribution in [2.45, 2.75) is 56.6 Å². The van der Waals surface area contributed by atoms with Crippen LogP contribution in [0.4, 0.5) is 18.9 Å². The number of halogens is 3. The summed E-state index contributed by atoms with van der Waals surface area (Å²) in [4.78, 5) is 18.0. The average molecular weight is 615 g/mol. The SMILES string of the molecule is N#CC1(NC(=O)C2CCCC(F)(F)C2)CC1.O=S1CCN(c2ccc(-c3cnn(-c4ccc(F)cn4)c3CO)cc2)CC1. The predicted molar refractivity (Wildman–Crippen MR) is 155 cm³/mol. The number of nitriles is 1. The second-order valence-electron chi connectivity index (χ2n) is 11.1. The van der Waals surface area contributed by atoms with Crippen LogP contribution in [-0.4, -0.2) is 66.0 Å². The molecule has 1 saturated heterocycles. The Kier molecular flexibility index (Phi) is 9.17. The number of anilines is 1. The Bertz CT molecular complexity index is 1490. The number of aliphatic hydroxyl groups excluding tert-OH is 1. The summed E-state index contributed by atoms with van der Waals surface area (Å²) in [5, 5.41) is 25.5. The summed E-state index contributed by atoms with van der Waals surface area (Å²) < 4.78 is 52.3. The standard InChI is InChI=1S/C19H19FN4O2S.C11H14F2N2O/c20-15-3-6-19(21-11-15)24-18(13-25)17(12-22-24)14-1-4-16(5-2-14)23-7-9-27(26)10-8-23;12-11(13)3-1-2-8(6-11)9(16)15-10(7-14)4-5-10/h1-6,11-12,25H,7-10,13H2;8H,1-6H2,(H,15,16). The van der Waals surface area contributed by atoms with Gasteiger partial charge in [0.05, 0.1) is 30.8 Å². The largest absolute Gasteiger partial charge is 0.390 e. The number of hydrogen-bond donors (Lipinski definition) is 2. The molecule has 3 aliphatic rings. The van der Waals surface area contributed by atoms with Crippen LogP contribution in [0.15, 0.2) is 48.8 Å². The van der Waals surface area contributed by atoms with Crippen LogP contribution in [0.2, 0.25) is 0 Å². The van der Waals surface area contributed by atoms with Crippen LogP contribution in [0, 0.1) is 23.1 Å². The normalized spacial score (nSPS) is 20.8. The number of amides is 1. The van der Waals surface area contributed by atoms with Gasteiger partial charge in [0, 0.05) is 65.4 Å². The highest BCUT2D eigenvalue weighted by Gasteiger charge is 2.47. The monoisotopic (exact) mass is 614 g/mol. The van der Waals surface area contributed by atoms with Gasteiger partial charge in [0.15, 0.2) is 5.82 Å². The van der Waals surface area contributed by atoms with Gasteiger partial charge in [0.1, 0.15) is 11.4 Å². The fourth-order valence-corrected chi connectivity index (χ4v) is 6.38. The van der Waals surface area contributed by atoms with Gasteiger partial charge in [0.2, 0.25) is 11.8 Å². The van der Waals surface area contributed by atoms with Crippen molar-refractivity contribution in [1.82, 2.24) is 20.1 Å². The highest BCUT2D eigenvalue weighted by Crippen LogP contribution is 2.39. The number of nitrogens with one attached hydrogen (secondary N) is 1. The molecule has 0 bridgehead atoms. The highest BCUT2D eigenvalue weighted by atomic mass is 32.2. The van der Waals surface area contributed by atoms with Gasteiger partial charge in [-0.05, 0) is 55.5 Å². The van der Waals surface area contributed by atoms with Gasteiger partial charge in [-0.1, -0.05) is 12.1 Å². The van der Waals surface area contributed by atoms with Gasteiger partial charge in [-0.15, -0.1) is 0 Å². The van der Waals surface area contributed by atoms with Crippen molar-refractivity contribution in [3.63, 3.8) is 0 Å². The van der Waals surface area contributed by atoms with Crippen LogP contribution in [-0.2, 0) is 22.2 Å². The maximum atomic E-state index is 13.1. The summed E-state index contributed by atoms with van der Waals surface area (Å²) >= 11 is 0. The molecular formula is C30H33F3N6O3S. The molecule has 13 heteroatoms. The van der Waals surface area contributed by atoms with Gasteiger partial charge in [-0.25, -0.2) is 22.8 Å². The molecule has 3 fully saturated rings. The summed E-state index contributed by atoms with van der Waals surface area (Å²) in [7, 11) is -0.700. The number of rotatable bonds is 6. The number of benzene rings is 1. The van der Waals surface area contributed by atoms with Crippen molar-refractivity contribution in [3.05, 3.63) is 60.3 Å². The van der Waals surface area contributed by atoms with E-state index in [-0.39, 0.29) is 25.4 Å². The molecule has 2 saturated carbocycles. The van der Waals surface area contributed by atoms with E-state index in [1.807, 2.05) is 30.3 Å². The molecule has 1 amide bonds. The minimum atomic E-state index is -2.72. The van der Waals surface area contributed by atoms with Gasteiger partial charge >= 0.3 is 0 Å². The molecule has 1 atom stereocenters. The van der Waals surface area contributed by atoms with Crippen LogP contribution in [0.1, 0.15) is 44.2 Å². The Balaban J connectivity index is 0.000000196. The summed E-state index contributed by atoms with van der Waals surface area (Å²) in [6.45, 7) is 1.37. The highest BCUT2D eigenvalue weighted by molar-refractivity contribution is 7.85. The molecule has 3 heterocycles. The van der Waals surface area contributed by atoms with Crippen molar-refractivity contribution in [2.24, 2.45) is 5.92 Å². The Labute approximate surface area is 250 Å². The second-order valence-corrected chi connectivity index (χ2v) is 12.8. The smallest absolute Gasteiger partial charge is 0.248 e. The first-order chi connectivity index (χ1) is 20.6. The topological polar surface area (TPSA) is 124 Å². The first kappa shape index (κ1) is 30.7. The first-order valence-corrected chi connectivity index (χ1v) is 15.7.